The maximum absolute atomic E-state index is 12.7. The molecule has 0 saturated carbocycles. The van der Waals surface area contributed by atoms with Gasteiger partial charge in [0.05, 0.1) is 17.0 Å². The van der Waals surface area contributed by atoms with Crippen LogP contribution in [0, 0.1) is 0 Å². The van der Waals surface area contributed by atoms with Crippen LogP contribution in [0.25, 0.3) is 21.8 Å². The van der Waals surface area contributed by atoms with E-state index >= 15 is 0 Å². The average Bonchev–Trinajstić information content (AvgIpc) is 2.65. The van der Waals surface area contributed by atoms with Gasteiger partial charge < -0.3 is 14.5 Å². The van der Waals surface area contributed by atoms with Gasteiger partial charge in [0, 0.05) is 17.3 Å². The van der Waals surface area contributed by atoms with E-state index in [1.807, 2.05) is 48.5 Å². The summed E-state index contributed by atoms with van der Waals surface area (Å²) in [6.45, 7) is 0.536. The van der Waals surface area contributed by atoms with Gasteiger partial charge in [0.15, 0.2) is 5.43 Å². The number of aromatic carboxylic acids is 1. The Balaban J connectivity index is 0.00000196. The third kappa shape index (κ3) is 3.19. The number of carbonyl (C=O) groups excluding carboxylic acids is 1. The van der Waals surface area contributed by atoms with E-state index in [0.29, 0.717) is 17.3 Å². The normalized spacial score (nSPS) is 10.6. The minimum Gasteiger partial charge on any atom is -0.545 e. The quantitative estimate of drug-likeness (QED) is 0.372. The largest absolute Gasteiger partial charge is 1.00 e. The molecule has 0 unspecified atom stereocenters. The molecule has 0 saturated heterocycles. The van der Waals surface area contributed by atoms with Crippen LogP contribution in [0.2, 0.25) is 0 Å². The monoisotopic (exact) mass is 351 g/mol. The van der Waals surface area contributed by atoms with E-state index in [1.54, 1.807) is 12.1 Å². The summed E-state index contributed by atoms with van der Waals surface area (Å²) in [7, 11) is 0. The molecule has 0 fully saturated rings. The number of carboxylic acids is 1. The number of hydrogen-bond acceptors (Lipinski definition) is 3. The summed E-state index contributed by atoms with van der Waals surface area (Å²) < 4.78 is 2.08. The van der Waals surface area contributed by atoms with E-state index in [9.17, 15) is 14.7 Å². The third-order valence-electron chi connectivity index (χ3n) is 4.41. The number of pyridine rings is 1. The van der Waals surface area contributed by atoms with E-state index in [4.69, 9.17) is 0 Å². The summed E-state index contributed by atoms with van der Waals surface area (Å²) in [5.74, 6) is -1.19. The van der Waals surface area contributed by atoms with Gasteiger partial charge in [0.1, 0.15) is 0 Å². The first kappa shape index (κ1) is 18.4. The zero-order valence-corrected chi connectivity index (χ0v) is 16.3. The molecule has 0 bridgehead atoms. The van der Waals surface area contributed by atoms with Crippen molar-refractivity contribution < 1.29 is 39.5 Å². The number of benzene rings is 3. The molecule has 122 valence electrons. The molecular weight excluding hydrogens is 337 g/mol. The number of hydrogen-bond donors (Lipinski definition) is 0. The zero-order valence-electron chi connectivity index (χ0n) is 14.3. The smallest absolute Gasteiger partial charge is 0.545 e. The Morgan fingerprint density at radius 2 is 1.31 bits per heavy atom. The fourth-order valence-electron chi connectivity index (χ4n) is 3.18. The van der Waals surface area contributed by atoms with Gasteiger partial charge in [0.25, 0.3) is 0 Å². The van der Waals surface area contributed by atoms with Crippen LogP contribution in [-0.4, -0.2) is 10.5 Å². The topological polar surface area (TPSA) is 62.1 Å². The van der Waals surface area contributed by atoms with Crippen molar-refractivity contribution in [3.8, 4) is 0 Å². The van der Waals surface area contributed by atoms with Crippen LogP contribution < -0.4 is 40.1 Å². The number of rotatable bonds is 3. The van der Waals surface area contributed by atoms with Crippen LogP contribution in [0.1, 0.15) is 15.9 Å². The Kier molecular flexibility index (Phi) is 5.28. The first-order valence-electron chi connectivity index (χ1n) is 7.96. The summed E-state index contributed by atoms with van der Waals surface area (Å²) in [6, 6.07) is 21.7. The van der Waals surface area contributed by atoms with Crippen molar-refractivity contribution in [3.05, 3.63) is 94.1 Å². The van der Waals surface area contributed by atoms with Crippen LogP contribution in [0.15, 0.2) is 77.6 Å². The molecule has 0 N–H and O–H groups in total. The third-order valence-corrected chi connectivity index (χ3v) is 4.41. The van der Waals surface area contributed by atoms with E-state index in [-0.39, 0.29) is 40.5 Å². The Labute approximate surface area is 172 Å². The van der Waals surface area contributed by atoms with Gasteiger partial charge in [-0.2, -0.15) is 0 Å². The molecule has 4 nitrogen and oxygen atoms in total. The summed E-state index contributed by atoms with van der Waals surface area (Å²) in [6.07, 6.45) is 0. The summed E-state index contributed by atoms with van der Waals surface area (Å²) >= 11 is 0. The number of carboxylic acid groups (broad SMARTS) is 1. The molecule has 26 heavy (non-hydrogen) atoms. The predicted molar refractivity (Wildman–Crippen MR) is 95.6 cm³/mol. The second-order valence-electron chi connectivity index (χ2n) is 5.93. The minimum absolute atomic E-state index is 0. The number of nitrogens with zero attached hydrogens (tertiary/aromatic N) is 1. The molecule has 0 atom stereocenters. The van der Waals surface area contributed by atoms with Crippen molar-refractivity contribution in [1.29, 1.82) is 0 Å². The summed E-state index contributed by atoms with van der Waals surface area (Å²) in [4.78, 5) is 23.6. The van der Waals surface area contributed by atoms with E-state index in [2.05, 4.69) is 4.57 Å². The first-order valence-corrected chi connectivity index (χ1v) is 7.96. The number of carbonyl (C=O) groups is 1. The molecule has 0 aliphatic rings. The predicted octanol–water partition coefficient (Wildman–Crippen LogP) is -0.430. The second-order valence-corrected chi connectivity index (χ2v) is 5.93. The number of para-hydroxylation sites is 2. The summed E-state index contributed by atoms with van der Waals surface area (Å²) in [5.41, 5.74) is 2.84. The van der Waals surface area contributed by atoms with Crippen molar-refractivity contribution in [2.45, 2.75) is 6.54 Å². The molecule has 4 rings (SSSR count). The van der Waals surface area contributed by atoms with Crippen molar-refractivity contribution in [2.75, 3.05) is 0 Å². The van der Waals surface area contributed by atoms with Crippen LogP contribution in [0.5, 0.6) is 0 Å². The molecule has 4 aromatic rings. The van der Waals surface area contributed by atoms with Crippen molar-refractivity contribution in [1.82, 2.24) is 4.57 Å². The number of fused-ring (bicyclic) bond motifs is 2. The molecule has 3 aromatic carbocycles. The fourth-order valence-corrected chi connectivity index (χ4v) is 3.18. The van der Waals surface area contributed by atoms with Gasteiger partial charge in [-0.15, -0.1) is 0 Å². The van der Waals surface area contributed by atoms with Gasteiger partial charge in [0.2, 0.25) is 0 Å². The fraction of sp³-hybridized carbons (Fsp3) is 0.0476. The molecule has 1 heterocycles. The average molecular weight is 351 g/mol. The minimum atomic E-state index is -1.19. The molecule has 0 aliphatic heterocycles. The molecule has 5 heteroatoms. The van der Waals surface area contributed by atoms with Crippen molar-refractivity contribution in [3.63, 3.8) is 0 Å². The van der Waals surface area contributed by atoms with Crippen LogP contribution >= 0.6 is 0 Å². The van der Waals surface area contributed by atoms with Gasteiger partial charge in [-0.3, -0.25) is 4.79 Å². The van der Waals surface area contributed by atoms with Gasteiger partial charge >= 0.3 is 29.6 Å². The molecular formula is C21H14NNaO3. The van der Waals surface area contributed by atoms with E-state index in [1.165, 1.54) is 12.1 Å². The second kappa shape index (κ2) is 7.46. The standard InChI is InChI=1S/C21H15NO3.Na/c23-20-16-5-1-3-7-18(16)22(19-8-4-2-6-17(19)20)13-14-9-11-15(12-10-14)21(24)25;/h1-12H,13H2,(H,24,25);/q;+1/p-1. The van der Waals surface area contributed by atoms with Crippen molar-refractivity contribution >= 4 is 27.8 Å². The van der Waals surface area contributed by atoms with Crippen molar-refractivity contribution in [2.24, 2.45) is 0 Å². The number of aromatic nitrogens is 1. The van der Waals surface area contributed by atoms with Crippen LogP contribution in [0.4, 0.5) is 0 Å². The first-order chi connectivity index (χ1) is 12.1. The molecule has 0 amide bonds. The molecule has 0 radical (unpaired) electrons. The van der Waals surface area contributed by atoms with E-state index < -0.39 is 5.97 Å². The van der Waals surface area contributed by atoms with Crippen LogP contribution in [-0.2, 0) is 6.54 Å². The van der Waals surface area contributed by atoms with Gasteiger partial charge in [-0.1, -0.05) is 48.5 Å². The molecule has 0 spiro atoms. The van der Waals surface area contributed by atoms with Gasteiger partial charge in [-0.05, 0) is 35.4 Å². The SMILES string of the molecule is O=C([O-])c1ccc(Cn2c3ccccc3c(=O)c3ccccc32)cc1.[Na+]. The molecule has 1 aromatic heterocycles. The maximum atomic E-state index is 12.7. The molecule has 0 aliphatic carbocycles. The van der Waals surface area contributed by atoms with E-state index in [0.717, 1.165) is 16.6 Å². The Bertz CT molecular complexity index is 1100. The Hall–Kier alpha value is -2.40. The maximum Gasteiger partial charge on any atom is 1.00 e. The Morgan fingerprint density at radius 3 is 1.81 bits per heavy atom. The van der Waals surface area contributed by atoms with Crippen LogP contribution in [0.3, 0.4) is 0 Å². The summed E-state index contributed by atoms with van der Waals surface area (Å²) in [5, 5.41) is 12.3. The Morgan fingerprint density at radius 1 is 0.808 bits per heavy atom. The van der Waals surface area contributed by atoms with Gasteiger partial charge in [-0.25, -0.2) is 0 Å². The zero-order chi connectivity index (χ0) is 17.4.